The molecule has 0 aliphatic carbocycles. The lowest BCUT2D eigenvalue weighted by molar-refractivity contribution is 0.329. The molecule has 0 fully saturated rings. The Morgan fingerprint density at radius 2 is 2.00 bits per heavy atom. The molecular weight excluding hydrogens is 146 g/mol. The minimum absolute atomic E-state index is 0.319. The molecule has 0 aromatic rings. The summed E-state index contributed by atoms with van der Waals surface area (Å²) in [4.78, 5) is 2.32. The SMILES string of the molecule is CCCN(C)CCC(C)Cl. The molecular formula is C8H18ClN. The number of halogens is 1. The third-order valence-corrected chi connectivity index (χ3v) is 1.73. The Morgan fingerprint density at radius 3 is 2.40 bits per heavy atom. The summed E-state index contributed by atoms with van der Waals surface area (Å²) in [6.07, 6.45) is 2.32. The highest BCUT2D eigenvalue weighted by atomic mass is 35.5. The van der Waals surface area contributed by atoms with Crippen molar-refractivity contribution in [3.8, 4) is 0 Å². The second-order valence-corrected chi connectivity index (χ2v) is 3.62. The van der Waals surface area contributed by atoms with Crippen LogP contribution < -0.4 is 0 Å². The number of alkyl halides is 1. The molecule has 10 heavy (non-hydrogen) atoms. The Morgan fingerprint density at radius 1 is 1.40 bits per heavy atom. The molecule has 0 saturated carbocycles. The highest BCUT2D eigenvalue weighted by Crippen LogP contribution is 2.00. The summed E-state index contributed by atoms with van der Waals surface area (Å²) in [5, 5.41) is 0.319. The average molecular weight is 164 g/mol. The fraction of sp³-hybridized carbons (Fsp3) is 1.00. The minimum Gasteiger partial charge on any atom is -0.306 e. The molecule has 2 heteroatoms. The van der Waals surface area contributed by atoms with Crippen LogP contribution in [-0.4, -0.2) is 30.4 Å². The molecule has 0 aromatic heterocycles. The largest absolute Gasteiger partial charge is 0.306 e. The van der Waals surface area contributed by atoms with Gasteiger partial charge < -0.3 is 4.90 Å². The maximum Gasteiger partial charge on any atom is 0.0320 e. The summed E-state index contributed by atoms with van der Waals surface area (Å²) in [5.41, 5.74) is 0. The highest BCUT2D eigenvalue weighted by molar-refractivity contribution is 6.20. The van der Waals surface area contributed by atoms with E-state index in [0.717, 1.165) is 13.0 Å². The van der Waals surface area contributed by atoms with E-state index in [1.807, 2.05) is 6.92 Å². The first-order valence-corrected chi connectivity index (χ1v) is 4.43. The molecule has 0 saturated heterocycles. The van der Waals surface area contributed by atoms with Crippen molar-refractivity contribution in [2.45, 2.75) is 32.1 Å². The van der Waals surface area contributed by atoms with Crippen LogP contribution in [0.25, 0.3) is 0 Å². The summed E-state index contributed by atoms with van der Waals surface area (Å²) in [5.74, 6) is 0. The van der Waals surface area contributed by atoms with Crippen LogP contribution in [-0.2, 0) is 0 Å². The normalized spacial score (nSPS) is 14.1. The molecule has 0 heterocycles. The molecule has 0 N–H and O–H groups in total. The van der Waals surface area contributed by atoms with Gasteiger partial charge in [-0.05, 0) is 39.9 Å². The van der Waals surface area contributed by atoms with Crippen molar-refractivity contribution in [1.29, 1.82) is 0 Å². The molecule has 0 aliphatic rings. The molecule has 0 radical (unpaired) electrons. The van der Waals surface area contributed by atoms with Crippen LogP contribution in [0.4, 0.5) is 0 Å². The van der Waals surface area contributed by atoms with Crippen molar-refractivity contribution < 1.29 is 0 Å². The Balaban J connectivity index is 3.12. The van der Waals surface area contributed by atoms with Crippen molar-refractivity contribution >= 4 is 11.6 Å². The van der Waals surface area contributed by atoms with Gasteiger partial charge in [-0.3, -0.25) is 0 Å². The van der Waals surface area contributed by atoms with E-state index >= 15 is 0 Å². The van der Waals surface area contributed by atoms with Gasteiger partial charge in [0.15, 0.2) is 0 Å². The van der Waals surface area contributed by atoms with E-state index in [1.165, 1.54) is 13.0 Å². The molecule has 0 aliphatic heterocycles. The Labute approximate surface area is 69.4 Å². The van der Waals surface area contributed by atoms with E-state index in [0.29, 0.717) is 5.38 Å². The van der Waals surface area contributed by atoms with Crippen LogP contribution >= 0.6 is 11.6 Å². The van der Waals surface area contributed by atoms with Crippen LogP contribution in [0.2, 0.25) is 0 Å². The van der Waals surface area contributed by atoms with Crippen molar-refractivity contribution in [1.82, 2.24) is 4.90 Å². The van der Waals surface area contributed by atoms with Crippen LogP contribution in [0.15, 0.2) is 0 Å². The van der Waals surface area contributed by atoms with Gasteiger partial charge in [0.25, 0.3) is 0 Å². The molecule has 1 unspecified atom stereocenters. The lowest BCUT2D eigenvalue weighted by Gasteiger charge is -2.15. The van der Waals surface area contributed by atoms with E-state index in [2.05, 4.69) is 18.9 Å². The smallest absolute Gasteiger partial charge is 0.0320 e. The quantitative estimate of drug-likeness (QED) is 0.563. The van der Waals surface area contributed by atoms with Gasteiger partial charge in [0.2, 0.25) is 0 Å². The average Bonchev–Trinajstić information content (AvgIpc) is 1.85. The monoisotopic (exact) mass is 163 g/mol. The summed E-state index contributed by atoms with van der Waals surface area (Å²) < 4.78 is 0. The van der Waals surface area contributed by atoms with E-state index < -0.39 is 0 Å². The van der Waals surface area contributed by atoms with Gasteiger partial charge in [0.1, 0.15) is 0 Å². The molecule has 0 amide bonds. The first kappa shape index (κ1) is 10.2. The van der Waals surface area contributed by atoms with Crippen LogP contribution in [0.1, 0.15) is 26.7 Å². The second-order valence-electron chi connectivity index (χ2n) is 2.87. The van der Waals surface area contributed by atoms with E-state index in [-0.39, 0.29) is 0 Å². The van der Waals surface area contributed by atoms with Crippen molar-refractivity contribution in [3.63, 3.8) is 0 Å². The first-order valence-electron chi connectivity index (χ1n) is 3.99. The molecule has 0 spiro atoms. The number of hydrogen-bond donors (Lipinski definition) is 0. The van der Waals surface area contributed by atoms with Gasteiger partial charge in [0, 0.05) is 5.38 Å². The van der Waals surface area contributed by atoms with Crippen LogP contribution in [0.3, 0.4) is 0 Å². The second kappa shape index (κ2) is 5.99. The molecule has 1 atom stereocenters. The molecule has 0 rings (SSSR count). The molecule has 1 nitrogen and oxygen atoms in total. The highest BCUT2D eigenvalue weighted by Gasteiger charge is 1.99. The lowest BCUT2D eigenvalue weighted by Crippen LogP contribution is -2.21. The van der Waals surface area contributed by atoms with Crippen LogP contribution in [0, 0.1) is 0 Å². The van der Waals surface area contributed by atoms with Crippen LogP contribution in [0.5, 0.6) is 0 Å². The van der Waals surface area contributed by atoms with Crippen molar-refractivity contribution in [2.75, 3.05) is 20.1 Å². The standard InChI is InChI=1S/C8H18ClN/c1-4-6-10(3)7-5-8(2)9/h8H,4-7H2,1-3H3. The van der Waals surface area contributed by atoms with Gasteiger partial charge in [-0.1, -0.05) is 6.92 Å². The van der Waals surface area contributed by atoms with Gasteiger partial charge >= 0.3 is 0 Å². The van der Waals surface area contributed by atoms with E-state index in [1.54, 1.807) is 0 Å². The number of hydrogen-bond acceptors (Lipinski definition) is 1. The molecule has 0 aromatic carbocycles. The maximum absolute atomic E-state index is 5.80. The zero-order valence-corrected chi connectivity index (χ0v) is 7.99. The Kier molecular flexibility index (Phi) is 6.14. The Bertz CT molecular complexity index is 73.7. The topological polar surface area (TPSA) is 3.24 Å². The zero-order chi connectivity index (χ0) is 7.98. The fourth-order valence-electron chi connectivity index (χ4n) is 0.892. The summed E-state index contributed by atoms with van der Waals surface area (Å²) in [6.45, 7) is 6.55. The number of nitrogens with zero attached hydrogens (tertiary/aromatic N) is 1. The van der Waals surface area contributed by atoms with Gasteiger partial charge in [-0.2, -0.15) is 0 Å². The van der Waals surface area contributed by atoms with Crippen molar-refractivity contribution in [3.05, 3.63) is 0 Å². The lowest BCUT2D eigenvalue weighted by atomic mass is 10.3. The predicted octanol–water partition coefficient (Wildman–Crippen LogP) is 2.35. The maximum atomic E-state index is 5.80. The predicted molar refractivity (Wildman–Crippen MR) is 47.7 cm³/mol. The molecule has 62 valence electrons. The first-order chi connectivity index (χ1) is 4.66. The third-order valence-electron chi connectivity index (χ3n) is 1.51. The molecule has 0 bridgehead atoms. The van der Waals surface area contributed by atoms with E-state index in [4.69, 9.17) is 11.6 Å². The van der Waals surface area contributed by atoms with Gasteiger partial charge in [0.05, 0.1) is 0 Å². The third kappa shape index (κ3) is 6.37. The van der Waals surface area contributed by atoms with Gasteiger partial charge in [-0.25, -0.2) is 0 Å². The Hall–Kier alpha value is 0.250. The van der Waals surface area contributed by atoms with Gasteiger partial charge in [-0.15, -0.1) is 11.6 Å². The zero-order valence-electron chi connectivity index (χ0n) is 7.23. The summed E-state index contributed by atoms with van der Waals surface area (Å²) >= 11 is 5.80. The number of rotatable bonds is 5. The van der Waals surface area contributed by atoms with E-state index in [9.17, 15) is 0 Å². The minimum atomic E-state index is 0.319. The summed E-state index contributed by atoms with van der Waals surface area (Å²) in [7, 11) is 2.14. The van der Waals surface area contributed by atoms with Crippen molar-refractivity contribution in [2.24, 2.45) is 0 Å². The fourth-order valence-corrected chi connectivity index (χ4v) is 0.989. The summed E-state index contributed by atoms with van der Waals surface area (Å²) in [6, 6.07) is 0.